The molecule has 0 N–H and O–H groups in total. The van der Waals surface area contributed by atoms with Crippen LogP contribution in [-0.2, 0) is 0 Å². The highest BCUT2D eigenvalue weighted by Gasteiger charge is 2.23. The minimum atomic E-state index is 0.119. The van der Waals surface area contributed by atoms with Gasteiger partial charge >= 0.3 is 0 Å². The van der Waals surface area contributed by atoms with Gasteiger partial charge < -0.3 is 4.90 Å². The number of pyridine rings is 1. The Morgan fingerprint density at radius 1 is 0.885 bits per heavy atom. The zero-order valence-corrected chi connectivity index (χ0v) is 14.4. The van der Waals surface area contributed by atoms with Gasteiger partial charge in [0.05, 0.1) is 17.3 Å². The molecule has 128 valence electrons. The lowest BCUT2D eigenvalue weighted by Crippen LogP contribution is -2.28. The lowest BCUT2D eigenvalue weighted by molar-refractivity contribution is 0.0794. The van der Waals surface area contributed by atoms with Gasteiger partial charge in [-0.3, -0.25) is 9.20 Å². The lowest BCUT2D eigenvalue weighted by atomic mass is 10.1. The predicted octanol–water partition coefficient (Wildman–Crippen LogP) is 4.39. The Balaban J connectivity index is 1.79. The van der Waals surface area contributed by atoms with E-state index >= 15 is 0 Å². The number of carbonyl (C=O) groups is 1. The van der Waals surface area contributed by atoms with Crippen LogP contribution in [0, 0.1) is 0 Å². The normalized spacial score (nSPS) is 14.4. The maximum atomic E-state index is 13.2. The molecule has 0 aliphatic carbocycles. The van der Waals surface area contributed by atoms with Crippen LogP contribution in [0.3, 0.4) is 0 Å². The second-order valence-corrected chi connectivity index (χ2v) is 6.79. The van der Waals surface area contributed by atoms with E-state index in [1.807, 2.05) is 65.8 Å². The number of rotatable bonds is 2. The average Bonchev–Trinajstić information content (AvgIpc) is 3.37. The molecule has 1 aliphatic rings. The van der Waals surface area contributed by atoms with Crippen LogP contribution in [0.1, 0.15) is 23.2 Å². The molecule has 0 unspecified atom stereocenters. The molecule has 1 fully saturated rings. The number of benzene rings is 2. The summed E-state index contributed by atoms with van der Waals surface area (Å²) in [7, 11) is 0. The van der Waals surface area contributed by atoms with Gasteiger partial charge in [-0.1, -0.05) is 54.6 Å². The number of fused-ring (bicyclic) bond motifs is 3. The summed E-state index contributed by atoms with van der Waals surface area (Å²) in [5.41, 5.74) is 2.82. The third-order valence-corrected chi connectivity index (χ3v) is 5.20. The molecular formula is C22H19N3O. The van der Waals surface area contributed by atoms with E-state index in [1.165, 1.54) is 0 Å². The van der Waals surface area contributed by atoms with Crippen molar-refractivity contribution in [1.82, 2.24) is 14.3 Å². The highest BCUT2D eigenvalue weighted by Crippen LogP contribution is 2.29. The molecule has 4 heteroatoms. The van der Waals surface area contributed by atoms with Gasteiger partial charge in [-0.25, -0.2) is 4.98 Å². The first-order chi connectivity index (χ1) is 12.8. The van der Waals surface area contributed by atoms with Crippen LogP contribution in [0.4, 0.5) is 0 Å². The first-order valence-corrected chi connectivity index (χ1v) is 9.06. The minimum Gasteiger partial charge on any atom is -0.339 e. The van der Waals surface area contributed by atoms with Crippen molar-refractivity contribution in [2.24, 2.45) is 0 Å². The van der Waals surface area contributed by atoms with Gasteiger partial charge in [0.25, 0.3) is 5.91 Å². The minimum absolute atomic E-state index is 0.119. The zero-order valence-electron chi connectivity index (χ0n) is 14.4. The van der Waals surface area contributed by atoms with Crippen molar-refractivity contribution in [3.8, 4) is 11.4 Å². The number of amides is 1. The number of carbonyl (C=O) groups excluding carboxylic acids is 1. The van der Waals surface area contributed by atoms with E-state index in [9.17, 15) is 4.79 Å². The third kappa shape index (κ3) is 2.30. The molecule has 1 aliphatic heterocycles. The molecule has 2 aromatic heterocycles. The number of hydrogen-bond acceptors (Lipinski definition) is 2. The molecule has 5 rings (SSSR count). The van der Waals surface area contributed by atoms with E-state index in [4.69, 9.17) is 0 Å². The van der Waals surface area contributed by atoms with Gasteiger partial charge in [0.1, 0.15) is 5.82 Å². The molecule has 0 spiro atoms. The monoisotopic (exact) mass is 341 g/mol. The molecule has 26 heavy (non-hydrogen) atoms. The fourth-order valence-corrected chi connectivity index (χ4v) is 3.89. The number of nitrogens with zero attached hydrogens (tertiary/aromatic N) is 3. The van der Waals surface area contributed by atoms with E-state index in [1.54, 1.807) is 0 Å². The Bertz CT molecular complexity index is 1110. The molecule has 0 atom stereocenters. The van der Waals surface area contributed by atoms with Crippen LogP contribution in [0.15, 0.2) is 67.0 Å². The molecule has 1 saturated heterocycles. The average molecular weight is 341 g/mol. The van der Waals surface area contributed by atoms with Crippen molar-refractivity contribution in [3.63, 3.8) is 0 Å². The summed E-state index contributed by atoms with van der Waals surface area (Å²) in [6, 6.07) is 18.2. The van der Waals surface area contributed by atoms with Gasteiger partial charge in [-0.15, -0.1) is 0 Å². The molecule has 0 radical (unpaired) electrons. The van der Waals surface area contributed by atoms with Crippen molar-refractivity contribution in [2.45, 2.75) is 12.8 Å². The molecule has 4 aromatic rings. The van der Waals surface area contributed by atoms with Crippen molar-refractivity contribution in [3.05, 3.63) is 72.6 Å². The van der Waals surface area contributed by atoms with Crippen molar-refractivity contribution in [1.29, 1.82) is 0 Å². The van der Waals surface area contributed by atoms with Crippen molar-refractivity contribution in [2.75, 3.05) is 13.1 Å². The van der Waals surface area contributed by atoms with E-state index in [-0.39, 0.29) is 5.91 Å². The summed E-state index contributed by atoms with van der Waals surface area (Å²) < 4.78 is 2.06. The van der Waals surface area contributed by atoms with E-state index in [2.05, 4.69) is 15.5 Å². The first kappa shape index (κ1) is 15.1. The molecule has 3 heterocycles. The SMILES string of the molecule is O=C(c1cn2c(-c3ccccc3)ncc2c2ccccc12)N1CCCC1. The second kappa shape index (κ2) is 5.99. The predicted molar refractivity (Wildman–Crippen MR) is 103 cm³/mol. The van der Waals surface area contributed by atoms with Crippen molar-refractivity contribution >= 4 is 22.2 Å². The Kier molecular flexibility index (Phi) is 3.49. The number of hydrogen-bond donors (Lipinski definition) is 0. The quantitative estimate of drug-likeness (QED) is 0.542. The second-order valence-electron chi connectivity index (χ2n) is 6.79. The lowest BCUT2D eigenvalue weighted by Gasteiger charge is -2.17. The highest BCUT2D eigenvalue weighted by atomic mass is 16.2. The molecule has 2 aromatic carbocycles. The maximum Gasteiger partial charge on any atom is 0.255 e. The van der Waals surface area contributed by atoms with Gasteiger partial charge in [-0.05, 0) is 18.2 Å². The third-order valence-electron chi connectivity index (χ3n) is 5.20. The van der Waals surface area contributed by atoms with Gasteiger partial charge in [0, 0.05) is 30.2 Å². The van der Waals surface area contributed by atoms with Crippen LogP contribution in [0.25, 0.3) is 27.7 Å². The summed E-state index contributed by atoms with van der Waals surface area (Å²) in [4.78, 5) is 19.8. The van der Waals surface area contributed by atoms with Gasteiger partial charge in [-0.2, -0.15) is 0 Å². The fraction of sp³-hybridized carbons (Fsp3) is 0.182. The number of likely N-dealkylation sites (tertiary alicyclic amines) is 1. The molecule has 4 nitrogen and oxygen atoms in total. The molecule has 0 bridgehead atoms. The first-order valence-electron chi connectivity index (χ1n) is 9.06. The Labute approximate surface area is 151 Å². The van der Waals surface area contributed by atoms with Crippen LogP contribution in [0.2, 0.25) is 0 Å². The van der Waals surface area contributed by atoms with Crippen LogP contribution >= 0.6 is 0 Å². The number of aromatic nitrogens is 2. The number of imidazole rings is 1. The summed E-state index contributed by atoms with van der Waals surface area (Å²) in [6.45, 7) is 1.70. The topological polar surface area (TPSA) is 37.6 Å². The standard InChI is InChI=1S/C22H19N3O/c26-22(24-12-6-7-13-24)19-15-25-20(18-11-5-4-10-17(18)19)14-23-21(25)16-8-2-1-3-9-16/h1-5,8-11,14-15H,6-7,12-13H2. The zero-order chi connectivity index (χ0) is 17.5. The summed E-state index contributed by atoms with van der Waals surface area (Å²) in [5.74, 6) is 0.982. The van der Waals surface area contributed by atoms with E-state index in [0.717, 1.165) is 59.2 Å². The van der Waals surface area contributed by atoms with Gasteiger partial charge in [0.15, 0.2) is 0 Å². The Hall–Kier alpha value is -3.14. The largest absolute Gasteiger partial charge is 0.339 e. The molecule has 1 amide bonds. The molecule has 0 saturated carbocycles. The van der Waals surface area contributed by atoms with Crippen LogP contribution in [-0.4, -0.2) is 33.3 Å². The van der Waals surface area contributed by atoms with E-state index in [0.29, 0.717) is 0 Å². The highest BCUT2D eigenvalue weighted by molar-refractivity contribution is 6.11. The van der Waals surface area contributed by atoms with E-state index < -0.39 is 0 Å². The maximum absolute atomic E-state index is 13.2. The van der Waals surface area contributed by atoms with Crippen LogP contribution < -0.4 is 0 Å². The van der Waals surface area contributed by atoms with Crippen molar-refractivity contribution < 1.29 is 4.79 Å². The Morgan fingerprint density at radius 3 is 2.35 bits per heavy atom. The summed E-state index contributed by atoms with van der Waals surface area (Å²) in [5, 5.41) is 2.06. The Morgan fingerprint density at radius 2 is 1.58 bits per heavy atom. The smallest absolute Gasteiger partial charge is 0.255 e. The summed E-state index contributed by atoms with van der Waals surface area (Å²) in [6.07, 6.45) is 6.04. The van der Waals surface area contributed by atoms with Crippen LogP contribution in [0.5, 0.6) is 0 Å². The van der Waals surface area contributed by atoms with Gasteiger partial charge in [0.2, 0.25) is 0 Å². The summed E-state index contributed by atoms with van der Waals surface area (Å²) >= 11 is 0. The fourth-order valence-electron chi connectivity index (χ4n) is 3.89. The molecular weight excluding hydrogens is 322 g/mol.